The zero-order chi connectivity index (χ0) is 46.2. The molecular weight excluding hydrogens is 817 g/mol. The SMILES string of the molecule is CC(C)CCCC(C)C1CCC2C3CC=C4C[C@@H](OCCOCC(=O)N(C)CCCNC(=O)C(O)C(O)C(OC5OC(CO)C(O)C(O)C5O)C(O)CO)CCC4(C)C3CCC12C. The Morgan fingerprint density at radius 1 is 0.937 bits per heavy atom. The Balaban J connectivity index is 0.974. The van der Waals surface area contributed by atoms with Gasteiger partial charge in [0.1, 0.15) is 49.3 Å². The van der Waals surface area contributed by atoms with Gasteiger partial charge in [-0.25, -0.2) is 0 Å². The van der Waals surface area contributed by atoms with E-state index in [-0.39, 0.29) is 43.7 Å². The van der Waals surface area contributed by atoms with Crippen LogP contribution in [-0.4, -0.2) is 172 Å². The molecule has 17 atom stereocenters. The van der Waals surface area contributed by atoms with Crippen LogP contribution in [-0.2, 0) is 28.5 Å². The fourth-order valence-corrected chi connectivity index (χ4v) is 12.3. The summed E-state index contributed by atoms with van der Waals surface area (Å²) in [5.41, 5.74) is 2.32. The lowest BCUT2D eigenvalue weighted by molar-refractivity contribution is -0.326. The van der Waals surface area contributed by atoms with Crippen LogP contribution in [0.1, 0.15) is 112 Å². The molecule has 1 aliphatic heterocycles. The summed E-state index contributed by atoms with van der Waals surface area (Å²) < 4.78 is 22.6. The Morgan fingerprint density at radius 3 is 2.38 bits per heavy atom. The Bertz CT molecular complexity index is 1480. The Hall–Kier alpha value is -1.80. The van der Waals surface area contributed by atoms with E-state index in [0.29, 0.717) is 18.4 Å². The standard InChI is InChI=1S/C47H82N2O14/c1-27(2)9-7-10-28(3)32-13-14-33-31-12-11-29-23-30(15-17-46(29,4)34(31)16-18-47(32,33)5)61-22-21-60-26-37(53)49(6)20-8-19-48-44(59)41(57)40(56)43(35(52)24-50)63-45-42(58)39(55)38(54)36(25-51)62-45/h11,27-28,30-36,38-43,45,50-52,54-58H,7-10,12-26H2,1-6H3,(H,48,59)/t28?,30-,31?,32?,33?,34?,35?,36?,38?,39?,40?,41?,42?,43?,45?,46?,47?/m0/s1. The predicted molar refractivity (Wildman–Crippen MR) is 233 cm³/mol. The minimum absolute atomic E-state index is 0.00632. The fraction of sp³-hybridized carbons (Fsp3) is 0.915. The summed E-state index contributed by atoms with van der Waals surface area (Å²) in [7, 11) is 1.61. The number of amides is 2. The summed E-state index contributed by atoms with van der Waals surface area (Å²) in [6.45, 7) is 11.5. The van der Waals surface area contributed by atoms with Crippen LogP contribution in [0.3, 0.4) is 0 Å². The molecule has 16 heteroatoms. The minimum Gasteiger partial charge on any atom is -0.394 e. The van der Waals surface area contributed by atoms with Crippen molar-refractivity contribution in [1.82, 2.24) is 10.2 Å². The first-order valence-corrected chi connectivity index (χ1v) is 23.9. The molecule has 9 N–H and O–H groups in total. The number of carbonyl (C=O) groups is 2. The second-order valence-corrected chi connectivity index (χ2v) is 20.5. The Morgan fingerprint density at radius 2 is 1.68 bits per heavy atom. The number of carbonyl (C=O) groups excluding carboxylic acids is 2. The van der Waals surface area contributed by atoms with Crippen LogP contribution in [0, 0.1) is 46.3 Å². The van der Waals surface area contributed by atoms with Gasteiger partial charge in [0.25, 0.3) is 5.91 Å². The Kier molecular flexibility index (Phi) is 19.3. The van der Waals surface area contributed by atoms with Gasteiger partial charge in [0.2, 0.25) is 5.91 Å². The number of rotatable bonds is 23. The summed E-state index contributed by atoms with van der Waals surface area (Å²) in [5.74, 6) is 3.55. The van der Waals surface area contributed by atoms with E-state index in [0.717, 1.165) is 54.8 Å². The molecule has 1 heterocycles. The first-order valence-electron chi connectivity index (χ1n) is 23.9. The summed E-state index contributed by atoms with van der Waals surface area (Å²) in [6, 6.07) is 0. The maximum Gasteiger partial charge on any atom is 0.251 e. The van der Waals surface area contributed by atoms with E-state index in [1.54, 1.807) is 12.6 Å². The molecule has 0 spiro atoms. The number of fused-ring (bicyclic) bond motifs is 5. The Labute approximate surface area is 374 Å². The van der Waals surface area contributed by atoms with Crippen molar-refractivity contribution in [1.29, 1.82) is 0 Å². The molecule has 3 saturated carbocycles. The number of likely N-dealkylation sites (N-methyl/N-ethyl adjacent to an activating group) is 1. The first kappa shape index (κ1) is 52.2. The lowest BCUT2D eigenvalue weighted by Gasteiger charge is -2.58. The van der Waals surface area contributed by atoms with Gasteiger partial charge in [-0.15, -0.1) is 0 Å². The van der Waals surface area contributed by atoms with E-state index >= 15 is 0 Å². The van der Waals surface area contributed by atoms with E-state index in [4.69, 9.17) is 18.9 Å². The van der Waals surface area contributed by atoms with Gasteiger partial charge in [-0.2, -0.15) is 0 Å². The number of nitrogens with zero attached hydrogens (tertiary/aromatic N) is 1. The number of allylic oxidation sites excluding steroid dienone is 1. The average Bonchev–Trinajstić information content (AvgIpc) is 3.62. The van der Waals surface area contributed by atoms with Crippen LogP contribution in [0.15, 0.2) is 11.6 Å². The largest absolute Gasteiger partial charge is 0.394 e. The van der Waals surface area contributed by atoms with Crippen molar-refractivity contribution >= 4 is 11.8 Å². The molecule has 0 aromatic rings. The summed E-state index contributed by atoms with van der Waals surface area (Å²) in [6.07, 6.45) is 0.269. The van der Waals surface area contributed by atoms with E-state index in [1.165, 1.54) is 56.3 Å². The highest BCUT2D eigenvalue weighted by Crippen LogP contribution is 2.67. The van der Waals surface area contributed by atoms with Crippen LogP contribution in [0.5, 0.6) is 0 Å². The molecule has 364 valence electrons. The van der Waals surface area contributed by atoms with Crippen molar-refractivity contribution in [2.75, 3.05) is 53.2 Å². The highest BCUT2D eigenvalue weighted by atomic mass is 16.7. The maximum absolute atomic E-state index is 12.7. The van der Waals surface area contributed by atoms with E-state index in [9.17, 15) is 50.4 Å². The first-order chi connectivity index (χ1) is 29.9. The van der Waals surface area contributed by atoms with Gasteiger partial charge in [-0.1, -0.05) is 65.5 Å². The third kappa shape index (κ3) is 12.2. The summed E-state index contributed by atoms with van der Waals surface area (Å²) in [5, 5.41) is 83.2. The molecule has 4 fully saturated rings. The smallest absolute Gasteiger partial charge is 0.251 e. The highest BCUT2D eigenvalue weighted by Gasteiger charge is 2.59. The van der Waals surface area contributed by atoms with Gasteiger partial charge in [-0.05, 0) is 104 Å². The van der Waals surface area contributed by atoms with Gasteiger partial charge < -0.3 is 70.0 Å². The lowest BCUT2D eigenvalue weighted by atomic mass is 9.47. The van der Waals surface area contributed by atoms with Gasteiger partial charge in [0.15, 0.2) is 12.4 Å². The van der Waals surface area contributed by atoms with Crippen LogP contribution in [0.4, 0.5) is 0 Å². The van der Waals surface area contributed by atoms with Gasteiger partial charge >= 0.3 is 0 Å². The van der Waals surface area contributed by atoms with Crippen molar-refractivity contribution in [3.8, 4) is 0 Å². The number of ether oxygens (including phenoxy) is 4. The summed E-state index contributed by atoms with van der Waals surface area (Å²) >= 11 is 0. The summed E-state index contributed by atoms with van der Waals surface area (Å²) in [4.78, 5) is 26.9. The molecule has 16 unspecified atom stereocenters. The molecule has 0 aromatic heterocycles. The highest BCUT2D eigenvalue weighted by molar-refractivity contribution is 5.81. The number of aliphatic hydroxyl groups is 8. The molecule has 2 amide bonds. The topological polar surface area (TPSA) is 248 Å². The monoisotopic (exact) mass is 899 g/mol. The molecule has 5 rings (SSSR count). The molecule has 1 saturated heterocycles. The van der Waals surface area contributed by atoms with Crippen LogP contribution >= 0.6 is 0 Å². The zero-order valence-corrected chi connectivity index (χ0v) is 38.7. The number of aliphatic hydroxyl groups excluding tert-OH is 8. The van der Waals surface area contributed by atoms with E-state index in [2.05, 4.69) is 46.0 Å². The zero-order valence-electron chi connectivity index (χ0n) is 38.7. The maximum atomic E-state index is 12.7. The number of hydrogen-bond acceptors (Lipinski definition) is 14. The molecule has 16 nitrogen and oxygen atoms in total. The van der Waals surface area contributed by atoms with Crippen LogP contribution < -0.4 is 5.32 Å². The average molecular weight is 899 g/mol. The molecular formula is C47H82N2O14. The quantitative estimate of drug-likeness (QED) is 0.0523. The van der Waals surface area contributed by atoms with Crippen LogP contribution in [0.25, 0.3) is 0 Å². The lowest BCUT2D eigenvalue weighted by Crippen LogP contribution is -2.62. The molecule has 63 heavy (non-hydrogen) atoms. The van der Waals surface area contributed by atoms with Crippen molar-refractivity contribution < 1.29 is 69.4 Å². The second-order valence-electron chi connectivity index (χ2n) is 20.5. The van der Waals surface area contributed by atoms with E-state index in [1.807, 2.05) is 0 Å². The predicted octanol–water partition coefficient (Wildman–Crippen LogP) is 1.65. The molecule has 5 aliphatic rings. The van der Waals surface area contributed by atoms with Gasteiger partial charge in [0.05, 0.1) is 32.5 Å². The second kappa shape index (κ2) is 23.3. The number of hydrogen-bond donors (Lipinski definition) is 9. The van der Waals surface area contributed by atoms with Crippen molar-refractivity contribution in [3.63, 3.8) is 0 Å². The van der Waals surface area contributed by atoms with Crippen molar-refractivity contribution in [3.05, 3.63) is 11.6 Å². The van der Waals surface area contributed by atoms with Crippen molar-refractivity contribution in [2.45, 2.75) is 173 Å². The third-order valence-corrected chi connectivity index (χ3v) is 16.1. The molecule has 0 radical (unpaired) electrons. The number of nitrogens with one attached hydrogen (secondary N) is 1. The van der Waals surface area contributed by atoms with Crippen molar-refractivity contribution in [2.24, 2.45) is 46.3 Å². The molecule has 4 aliphatic carbocycles. The molecule has 0 aromatic carbocycles. The normalized spacial score (nSPS) is 36.6. The third-order valence-electron chi connectivity index (χ3n) is 16.1. The van der Waals surface area contributed by atoms with Gasteiger partial charge in [-0.3, -0.25) is 9.59 Å². The molecule has 0 bridgehead atoms. The van der Waals surface area contributed by atoms with Crippen LogP contribution in [0.2, 0.25) is 0 Å². The minimum atomic E-state index is -2.17. The fourth-order valence-electron chi connectivity index (χ4n) is 12.3. The van der Waals surface area contributed by atoms with Gasteiger partial charge in [0, 0.05) is 20.1 Å². The van der Waals surface area contributed by atoms with E-state index < -0.39 is 74.2 Å².